The molecule has 7 nitrogen and oxygen atoms in total. The number of nitrogens with zero attached hydrogens (tertiary/aromatic N) is 2. The summed E-state index contributed by atoms with van der Waals surface area (Å²) in [5, 5.41) is 9.63. The lowest BCUT2D eigenvalue weighted by molar-refractivity contribution is -0.121. The molecule has 1 heterocycles. The number of carbonyl (C=O) groups is 2. The van der Waals surface area contributed by atoms with Gasteiger partial charge in [0.05, 0.1) is 11.9 Å². The molecule has 134 valence electrons. The summed E-state index contributed by atoms with van der Waals surface area (Å²) >= 11 is 0. The highest BCUT2D eigenvalue weighted by Crippen LogP contribution is 2.08. The minimum Gasteiger partial charge on any atom is -0.444 e. The van der Waals surface area contributed by atoms with Crippen LogP contribution in [0.5, 0.6) is 0 Å². The first-order chi connectivity index (χ1) is 11.8. The fourth-order valence-corrected chi connectivity index (χ4v) is 2.05. The van der Waals surface area contributed by atoms with Gasteiger partial charge in [-0.05, 0) is 32.9 Å². The third kappa shape index (κ3) is 6.66. The summed E-state index contributed by atoms with van der Waals surface area (Å²) in [6.45, 7) is 5.97. The lowest BCUT2D eigenvalue weighted by Crippen LogP contribution is -2.35. The summed E-state index contributed by atoms with van der Waals surface area (Å²) in [5.74, 6) is -0.150. The van der Waals surface area contributed by atoms with Gasteiger partial charge in [-0.1, -0.05) is 18.2 Å². The molecule has 25 heavy (non-hydrogen) atoms. The average Bonchev–Trinajstić information content (AvgIpc) is 3.01. The number of amides is 2. The lowest BCUT2D eigenvalue weighted by atomic mass is 10.2. The first kappa shape index (κ1) is 18.5. The summed E-state index contributed by atoms with van der Waals surface area (Å²) in [5.41, 5.74) is 1.31. The molecule has 1 aromatic carbocycles. The average molecular weight is 344 g/mol. The number of rotatable bonds is 6. The topological polar surface area (TPSA) is 85.2 Å². The van der Waals surface area contributed by atoms with Gasteiger partial charge in [-0.2, -0.15) is 5.10 Å². The smallest absolute Gasteiger partial charge is 0.407 e. The number of aromatic nitrogens is 2. The molecule has 0 atom stereocenters. The molecule has 1 aromatic heterocycles. The second-order valence-electron chi connectivity index (χ2n) is 6.58. The van der Waals surface area contributed by atoms with Crippen LogP contribution < -0.4 is 10.6 Å². The first-order valence-corrected chi connectivity index (χ1v) is 8.16. The van der Waals surface area contributed by atoms with Crippen molar-refractivity contribution in [3.05, 3.63) is 48.3 Å². The van der Waals surface area contributed by atoms with Crippen molar-refractivity contribution in [2.45, 2.75) is 39.3 Å². The second-order valence-corrected chi connectivity index (χ2v) is 6.58. The normalized spacial score (nSPS) is 11.0. The van der Waals surface area contributed by atoms with Crippen LogP contribution in [0.25, 0.3) is 5.69 Å². The number of hydrogen-bond acceptors (Lipinski definition) is 4. The van der Waals surface area contributed by atoms with E-state index in [4.69, 9.17) is 4.74 Å². The van der Waals surface area contributed by atoms with Gasteiger partial charge in [0.25, 0.3) is 0 Å². The van der Waals surface area contributed by atoms with Crippen LogP contribution in [0.3, 0.4) is 0 Å². The van der Waals surface area contributed by atoms with E-state index in [2.05, 4.69) is 15.7 Å². The largest absolute Gasteiger partial charge is 0.444 e. The van der Waals surface area contributed by atoms with E-state index in [1.165, 1.54) is 0 Å². The van der Waals surface area contributed by atoms with Crippen molar-refractivity contribution in [2.75, 3.05) is 6.54 Å². The van der Waals surface area contributed by atoms with Crippen molar-refractivity contribution in [3.8, 4) is 5.69 Å². The molecule has 2 N–H and O–H groups in total. The molecule has 0 spiro atoms. The Morgan fingerprint density at radius 2 is 1.88 bits per heavy atom. The van der Waals surface area contributed by atoms with Crippen LogP contribution in [0.1, 0.15) is 32.8 Å². The highest BCUT2D eigenvalue weighted by atomic mass is 16.6. The Morgan fingerprint density at radius 3 is 2.56 bits per heavy atom. The minimum atomic E-state index is -0.550. The summed E-state index contributed by atoms with van der Waals surface area (Å²) in [6, 6.07) is 9.74. The molecule has 0 fully saturated rings. The quantitative estimate of drug-likeness (QED) is 0.843. The molecule has 0 aliphatic rings. The third-order valence-corrected chi connectivity index (χ3v) is 3.17. The van der Waals surface area contributed by atoms with Crippen molar-refractivity contribution in [1.82, 2.24) is 20.4 Å². The Labute approximate surface area is 147 Å². The van der Waals surface area contributed by atoms with E-state index in [1.807, 2.05) is 36.5 Å². The third-order valence-electron chi connectivity index (χ3n) is 3.17. The van der Waals surface area contributed by atoms with Crippen LogP contribution in [-0.4, -0.2) is 33.9 Å². The standard InChI is InChI=1S/C18H24N4O3/c1-18(2,3)25-17(24)19-10-9-16(23)20-11-14-12-21-22(13-14)15-7-5-4-6-8-15/h4-8,12-13H,9-11H2,1-3H3,(H,19,24)(H,20,23). The Kier molecular flexibility index (Phi) is 6.16. The van der Waals surface area contributed by atoms with Gasteiger partial charge < -0.3 is 15.4 Å². The molecular formula is C18H24N4O3. The van der Waals surface area contributed by atoms with Crippen molar-refractivity contribution >= 4 is 12.0 Å². The van der Waals surface area contributed by atoms with Crippen molar-refractivity contribution in [3.63, 3.8) is 0 Å². The van der Waals surface area contributed by atoms with Crippen LogP contribution in [-0.2, 0) is 16.1 Å². The summed E-state index contributed by atoms with van der Waals surface area (Å²) in [6.07, 6.45) is 3.25. The highest BCUT2D eigenvalue weighted by molar-refractivity contribution is 5.77. The van der Waals surface area contributed by atoms with Crippen LogP contribution in [0, 0.1) is 0 Å². The maximum absolute atomic E-state index is 11.8. The predicted octanol–water partition coefficient (Wildman–Crippen LogP) is 2.40. The zero-order valence-electron chi connectivity index (χ0n) is 14.8. The van der Waals surface area contributed by atoms with Crippen molar-refractivity contribution < 1.29 is 14.3 Å². The SMILES string of the molecule is CC(C)(C)OC(=O)NCCC(=O)NCc1cnn(-c2ccccc2)c1. The van der Waals surface area contributed by atoms with Gasteiger partial charge in [-0.3, -0.25) is 4.79 Å². The molecule has 0 aliphatic carbocycles. The van der Waals surface area contributed by atoms with Crippen molar-refractivity contribution in [2.24, 2.45) is 0 Å². The Bertz CT molecular complexity index is 705. The van der Waals surface area contributed by atoms with E-state index in [1.54, 1.807) is 31.6 Å². The van der Waals surface area contributed by atoms with E-state index in [-0.39, 0.29) is 18.9 Å². The van der Waals surface area contributed by atoms with Crippen LogP contribution >= 0.6 is 0 Å². The number of para-hydroxylation sites is 1. The fraction of sp³-hybridized carbons (Fsp3) is 0.389. The van der Waals surface area contributed by atoms with Crippen LogP contribution in [0.15, 0.2) is 42.7 Å². The van der Waals surface area contributed by atoms with Gasteiger partial charge in [0.1, 0.15) is 5.60 Å². The fourth-order valence-electron chi connectivity index (χ4n) is 2.05. The Morgan fingerprint density at radius 1 is 1.16 bits per heavy atom. The molecule has 2 rings (SSSR count). The number of carbonyl (C=O) groups excluding carboxylic acids is 2. The highest BCUT2D eigenvalue weighted by Gasteiger charge is 2.15. The minimum absolute atomic E-state index is 0.150. The van der Waals surface area contributed by atoms with E-state index in [0.29, 0.717) is 6.54 Å². The zero-order chi connectivity index (χ0) is 18.3. The molecule has 0 radical (unpaired) electrons. The summed E-state index contributed by atoms with van der Waals surface area (Å²) in [4.78, 5) is 23.3. The molecule has 0 saturated heterocycles. The molecule has 0 saturated carbocycles. The van der Waals surface area contributed by atoms with E-state index in [0.717, 1.165) is 11.3 Å². The number of benzene rings is 1. The summed E-state index contributed by atoms with van der Waals surface area (Å²) in [7, 11) is 0. The number of nitrogens with one attached hydrogen (secondary N) is 2. The Balaban J connectivity index is 1.70. The van der Waals surface area contributed by atoms with Crippen LogP contribution in [0.2, 0.25) is 0 Å². The van der Waals surface area contributed by atoms with Gasteiger partial charge in [0.15, 0.2) is 0 Å². The first-order valence-electron chi connectivity index (χ1n) is 8.16. The molecule has 0 unspecified atom stereocenters. The number of alkyl carbamates (subject to hydrolysis) is 1. The Hall–Kier alpha value is -2.83. The van der Waals surface area contributed by atoms with Gasteiger partial charge in [0, 0.05) is 31.3 Å². The molecule has 0 bridgehead atoms. The molecule has 0 aliphatic heterocycles. The van der Waals surface area contributed by atoms with Crippen LogP contribution in [0.4, 0.5) is 4.79 Å². The lowest BCUT2D eigenvalue weighted by Gasteiger charge is -2.19. The van der Waals surface area contributed by atoms with Gasteiger partial charge >= 0.3 is 6.09 Å². The number of ether oxygens (including phenoxy) is 1. The van der Waals surface area contributed by atoms with E-state index >= 15 is 0 Å². The van der Waals surface area contributed by atoms with Crippen molar-refractivity contribution in [1.29, 1.82) is 0 Å². The second kappa shape index (κ2) is 8.32. The predicted molar refractivity (Wildman–Crippen MR) is 94.3 cm³/mol. The summed E-state index contributed by atoms with van der Waals surface area (Å²) < 4.78 is 6.86. The van der Waals surface area contributed by atoms with Gasteiger partial charge in [0.2, 0.25) is 5.91 Å². The van der Waals surface area contributed by atoms with E-state index in [9.17, 15) is 9.59 Å². The maximum Gasteiger partial charge on any atom is 0.407 e. The maximum atomic E-state index is 11.8. The number of hydrogen-bond donors (Lipinski definition) is 2. The van der Waals surface area contributed by atoms with E-state index < -0.39 is 11.7 Å². The van der Waals surface area contributed by atoms with Gasteiger partial charge in [-0.15, -0.1) is 0 Å². The van der Waals surface area contributed by atoms with Gasteiger partial charge in [-0.25, -0.2) is 9.48 Å². The molecule has 2 amide bonds. The molecule has 2 aromatic rings. The monoisotopic (exact) mass is 344 g/mol. The molecular weight excluding hydrogens is 320 g/mol. The molecule has 7 heteroatoms. The zero-order valence-corrected chi connectivity index (χ0v) is 14.8.